The lowest BCUT2D eigenvalue weighted by molar-refractivity contribution is -0.120. The summed E-state index contributed by atoms with van der Waals surface area (Å²) in [4.78, 5) is 17.8. The van der Waals surface area contributed by atoms with Crippen LogP contribution in [0.5, 0.6) is 0 Å². The number of carbonyl (C=O) groups is 1. The Morgan fingerprint density at radius 2 is 1.96 bits per heavy atom. The SMILES string of the molecule is CCCCNC(=O)Cc1sc(Cc2cccc3ccccc23)nc1C. The summed E-state index contributed by atoms with van der Waals surface area (Å²) in [6, 6.07) is 14.8. The van der Waals surface area contributed by atoms with Gasteiger partial charge < -0.3 is 5.32 Å². The van der Waals surface area contributed by atoms with Gasteiger partial charge in [-0.25, -0.2) is 4.98 Å². The number of hydrogen-bond acceptors (Lipinski definition) is 3. The Balaban J connectivity index is 1.73. The van der Waals surface area contributed by atoms with Crippen LogP contribution in [0.3, 0.4) is 0 Å². The van der Waals surface area contributed by atoms with Crippen LogP contribution in [0, 0.1) is 6.92 Å². The van der Waals surface area contributed by atoms with Gasteiger partial charge in [0.2, 0.25) is 5.91 Å². The number of thiazole rings is 1. The lowest BCUT2D eigenvalue weighted by Gasteiger charge is -2.04. The molecule has 0 spiro atoms. The predicted octanol–water partition coefficient (Wildman–Crippen LogP) is 4.65. The van der Waals surface area contributed by atoms with Crippen molar-refractivity contribution in [2.24, 2.45) is 0 Å². The molecule has 0 aliphatic rings. The summed E-state index contributed by atoms with van der Waals surface area (Å²) in [7, 11) is 0. The van der Waals surface area contributed by atoms with E-state index in [0.29, 0.717) is 6.42 Å². The highest BCUT2D eigenvalue weighted by atomic mass is 32.1. The summed E-state index contributed by atoms with van der Waals surface area (Å²) in [5, 5.41) is 6.58. The molecule has 3 aromatic rings. The van der Waals surface area contributed by atoms with Gasteiger partial charge in [-0.3, -0.25) is 4.79 Å². The first-order valence-electron chi connectivity index (χ1n) is 8.86. The predicted molar refractivity (Wildman–Crippen MR) is 105 cm³/mol. The maximum Gasteiger partial charge on any atom is 0.225 e. The minimum atomic E-state index is 0.0944. The number of fused-ring (bicyclic) bond motifs is 1. The first-order chi connectivity index (χ1) is 12.2. The molecule has 1 N–H and O–H groups in total. The zero-order valence-electron chi connectivity index (χ0n) is 14.8. The second kappa shape index (κ2) is 8.26. The molecule has 130 valence electrons. The molecule has 1 heterocycles. The molecule has 1 amide bonds. The molecule has 0 saturated carbocycles. The van der Waals surface area contributed by atoms with Crippen molar-refractivity contribution in [2.75, 3.05) is 6.54 Å². The topological polar surface area (TPSA) is 42.0 Å². The largest absolute Gasteiger partial charge is 0.356 e. The summed E-state index contributed by atoms with van der Waals surface area (Å²) in [6.45, 7) is 4.88. The van der Waals surface area contributed by atoms with Gasteiger partial charge in [-0.15, -0.1) is 11.3 Å². The average molecular weight is 353 g/mol. The Kier molecular flexibility index (Phi) is 5.82. The van der Waals surface area contributed by atoms with Crippen LogP contribution in [-0.2, 0) is 17.6 Å². The maximum atomic E-state index is 12.0. The average Bonchev–Trinajstić information content (AvgIpc) is 2.94. The van der Waals surface area contributed by atoms with Crippen LogP contribution in [-0.4, -0.2) is 17.4 Å². The Bertz CT molecular complexity index is 864. The van der Waals surface area contributed by atoms with Gasteiger partial charge in [-0.2, -0.15) is 0 Å². The summed E-state index contributed by atoms with van der Waals surface area (Å²) < 4.78 is 0. The standard InChI is InChI=1S/C21H24N2OS/c1-3-4-12-22-20(24)14-19-15(2)23-21(25-19)13-17-10-7-9-16-8-5-6-11-18(16)17/h5-11H,3-4,12-14H2,1-2H3,(H,22,24). The van der Waals surface area contributed by atoms with E-state index in [1.54, 1.807) is 11.3 Å². The third kappa shape index (κ3) is 4.45. The number of nitrogens with zero attached hydrogens (tertiary/aromatic N) is 1. The van der Waals surface area contributed by atoms with E-state index in [1.807, 2.05) is 6.92 Å². The van der Waals surface area contributed by atoms with Crippen LogP contribution in [0.4, 0.5) is 0 Å². The molecule has 25 heavy (non-hydrogen) atoms. The molecule has 0 radical (unpaired) electrons. The van der Waals surface area contributed by atoms with Crippen molar-refractivity contribution in [3.63, 3.8) is 0 Å². The number of aromatic nitrogens is 1. The fraction of sp³-hybridized carbons (Fsp3) is 0.333. The summed E-state index contributed by atoms with van der Waals surface area (Å²) in [5.41, 5.74) is 2.26. The van der Waals surface area contributed by atoms with Crippen LogP contribution in [0.15, 0.2) is 42.5 Å². The van der Waals surface area contributed by atoms with Crippen molar-refractivity contribution in [3.8, 4) is 0 Å². The number of carbonyl (C=O) groups excluding carboxylic acids is 1. The van der Waals surface area contributed by atoms with Gasteiger partial charge in [0, 0.05) is 17.8 Å². The summed E-state index contributed by atoms with van der Waals surface area (Å²) in [5.74, 6) is 0.0944. The molecular weight excluding hydrogens is 328 g/mol. The number of nitrogens with one attached hydrogen (secondary N) is 1. The zero-order valence-corrected chi connectivity index (χ0v) is 15.7. The Hall–Kier alpha value is -2.20. The second-order valence-electron chi connectivity index (χ2n) is 6.31. The van der Waals surface area contributed by atoms with Gasteiger partial charge in [-0.05, 0) is 29.7 Å². The third-order valence-electron chi connectivity index (χ3n) is 4.33. The monoisotopic (exact) mass is 352 g/mol. The van der Waals surface area contributed by atoms with Crippen molar-refractivity contribution in [1.29, 1.82) is 0 Å². The molecule has 0 aliphatic heterocycles. The number of hydrogen-bond donors (Lipinski definition) is 1. The molecule has 3 rings (SSSR count). The summed E-state index contributed by atoms with van der Waals surface area (Å²) in [6.07, 6.45) is 3.36. The maximum absolute atomic E-state index is 12.0. The normalized spacial score (nSPS) is 11.0. The van der Waals surface area contributed by atoms with Crippen LogP contribution >= 0.6 is 11.3 Å². The number of amides is 1. The van der Waals surface area contributed by atoms with Crippen molar-refractivity contribution in [3.05, 3.63) is 63.6 Å². The van der Waals surface area contributed by atoms with Gasteiger partial charge in [-0.1, -0.05) is 55.8 Å². The first kappa shape index (κ1) is 17.6. The number of rotatable bonds is 7. The van der Waals surface area contributed by atoms with Gasteiger partial charge in [0.25, 0.3) is 0 Å². The molecular formula is C21H24N2OS. The third-order valence-corrected chi connectivity index (χ3v) is 5.49. The lowest BCUT2D eigenvalue weighted by atomic mass is 10.0. The molecule has 0 aliphatic carbocycles. The van der Waals surface area contributed by atoms with Crippen molar-refractivity contribution >= 4 is 28.0 Å². The van der Waals surface area contributed by atoms with Gasteiger partial charge in [0.15, 0.2) is 0 Å². The van der Waals surface area contributed by atoms with E-state index in [2.05, 4.69) is 54.7 Å². The smallest absolute Gasteiger partial charge is 0.225 e. The first-order valence-corrected chi connectivity index (χ1v) is 9.67. The highest BCUT2D eigenvalue weighted by Crippen LogP contribution is 2.25. The molecule has 0 atom stereocenters. The van der Waals surface area contributed by atoms with Gasteiger partial charge in [0.1, 0.15) is 0 Å². The Labute approximate surface area is 153 Å². The van der Waals surface area contributed by atoms with Gasteiger partial charge >= 0.3 is 0 Å². The van der Waals surface area contributed by atoms with Crippen LogP contribution in [0.2, 0.25) is 0 Å². The molecule has 0 bridgehead atoms. The molecule has 0 saturated heterocycles. The number of aryl methyl sites for hydroxylation is 1. The molecule has 1 aromatic heterocycles. The number of unbranched alkanes of at least 4 members (excludes halogenated alkanes) is 1. The van der Waals surface area contributed by atoms with E-state index < -0.39 is 0 Å². The van der Waals surface area contributed by atoms with Gasteiger partial charge in [0.05, 0.1) is 17.1 Å². The zero-order chi connectivity index (χ0) is 17.6. The minimum Gasteiger partial charge on any atom is -0.356 e. The Morgan fingerprint density at radius 3 is 2.80 bits per heavy atom. The molecule has 0 fully saturated rings. The van der Waals surface area contributed by atoms with Crippen molar-refractivity contribution in [1.82, 2.24) is 10.3 Å². The minimum absolute atomic E-state index is 0.0944. The van der Waals surface area contributed by atoms with E-state index >= 15 is 0 Å². The number of benzene rings is 2. The molecule has 3 nitrogen and oxygen atoms in total. The van der Waals surface area contributed by atoms with Crippen molar-refractivity contribution < 1.29 is 4.79 Å². The Morgan fingerprint density at radius 1 is 1.16 bits per heavy atom. The highest BCUT2D eigenvalue weighted by molar-refractivity contribution is 7.11. The van der Waals surface area contributed by atoms with E-state index in [4.69, 9.17) is 4.98 Å². The van der Waals surface area contributed by atoms with E-state index in [-0.39, 0.29) is 5.91 Å². The van der Waals surface area contributed by atoms with E-state index in [1.165, 1.54) is 16.3 Å². The quantitative estimate of drug-likeness (QED) is 0.629. The van der Waals surface area contributed by atoms with Crippen LogP contribution < -0.4 is 5.32 Å². The highest BCUT2D eigenvalue weighted by Gasteiger charge is 2.13. The second-order valence-corrected chi connectivity index (χ2v) is 7.48. The fourth-order valence-electron chi connectivity index (χ4n) is 2.95. The molecule has 4 heteroatoms. The molecule has 2 aromatic carbocycles. The lowest BCUT2D eigenvalue weighted by Crippen LogP contribution is -2.25. The van der Waals surface area contributed by atoms with Crippen LogP contribution in [0.25, 0.3) is 10.8 Å². The van der Waals surface area contributed by atoms with Crippen molar-refractivity contribution in [2.45, 2.75) is 39.5 Å². The van der Waals surface area contributed by atoms with E-state index in [9.17, 15) is 4.79 Å². The fourth-order valence-corrected chi connectivity index (χ4v) is 4.04. The van der Waals surface area contributed by atoms with Crippen LogP contribution in [0.1, 0.15) is 40.9 Å². The summed E-state index contributed by atoms with van der Waals surface area (Å²) >= 11 is 1.66. The van der Waals surface area contributed by atoms with E-state index in [0.717, 1.165) is 41.4 Å². The molecule has 0 unspecified atom stereocenters.